The van der Waals surface area contributed by atoms with Gasteiger partial charge < -0.3 is 5.32 Å². The second-order valence-electron chi connectivity index (χ2n) is 6.56. The lowest BCUT2D eigenvalue weighted by molar-refractivity contribution is -0.695. The molecule has 4 rings (SSSR count). The maximum Gasteiger partial charge on any atom is 0.294 e. The highest BCUT2D eigenvalue weighted by atomic mass is 16.2. The van der Waals surface area contributed by atoms with Crippen LogP contribution in [0.3, 0.4) is 0 Å². The van der Waals surface area contributed by atoms with Crippen LogP contribution in [0.5, 0.6) is 0 Å². The third-order valence-electron chi connectivity index (χ3n) is 4.77. The van der Waals surface area contributed by atoms with Crippen molar-refractivity contribution in [2.75, 3.05) is 10.2 Å². The molecule has 0 fully saturated rings. The summed E-state index contributed by atoms with van der Waals surface area (Å²) in [5.41, 5.74) is 3.21. The number of nitrogens with one attached hydrogen (secondary N) is 1. The van der Waals surface area contributed by atoms with E-state index in [2.05, 4.69) is 5.32 Å². The minimum atomic E-state index is -0.741. The smallest absolute Gasteiger partial charge is 0.294 e. The number of para-hydroxylation sites is 2. The van der Waals surface area contributed by atoms with Crippen LogP contribution in [-0.2, 0) is 16.1 Å². The summed E-state index contributed by atoms with van der Waals surface area (Å²) in [6.45, 7) is 2.15. The molecule has 2 aromatic carbocycles. The third kappa shape index (κ3) is 3.19. The van der Waals surface area contributed by atoms with Gasteiger partial charge in [-0.2, -0.15) is 4.57 Å². The van der Waals surface area contributed by atoms with Crippen LogP contribution in [0, 0.1) is 6.92 Å². The summed E-state index contributed by atoms with van der Waals surface area (Å²) in [6.07, 6.45) is 1.84. The van der Waals surface area contributed by atoms with Crippen molar-refractivity contribution < 1.29 is 14.2 Å². The summed E-state index contributed by atoms with van der Waals surface area (Å²) >= 11 is 0. The van der Waals surface area contributed by atoms with Gasteiger partial charge in [0.05, 0.1) is 0 Å². The van der Waals surface area contributed by atoms with Crippen LogP contribution in [-0.4, -0.2) is 11.8 Å². The molecule has 3 aromatic rings. The molecule has 1 atom stereocenters. The van der Waals surface area contributed by atoms with Crippen molar-refractivity contribution in [2.45, 2.75) is 19.5 Å². The van der Waals surface area contributed by atoms with Crippen LogP contribution in [0.25, 0.3) is 0 Å². The number of benzene rings is 2. The average molecular weight is 358 g/mol. The number of amides is 2. The normalized spacial score (nSPS) is 16.0. The lowest BCUT2D eigenvalue weighted by Crippen LogP contribution is -2.58. The van der Waals surface area contributed by atoms with Crippen LogP contribution < -0.4 is 14.8 Å². The zero-order valence-corrected chi connectivity index (χ0v) is 15.0. The van der Waals surface area contributed by atoms with Gasteiger partial charge in [0, 0.05) is 23.5 Å². The second kappa shape index (κ2) is 7.03. The molecule has 1 aromatic heterocycles. The Morgan fingerprint density at radius 3 is 2.48 bits per heavy atom. The van der Waals surface area contributed by atoms with Crippen molar-refractivity contribution in [3.05, 3.63) is 90.3 Å². The van der Waals surface area contributed by atoms with Gasteiger partial charge in [-0.3, -0.25) is 14.5 Å². The predicted molar refractivity (Wildman–Crippen MR) is 103 cm³/mol. The quantitative estimate of drug-likeness (QED) is 0.732. The number of carbonyl (C=O) groups excluding carboxylic acids is 2. The number of nitrogens with zero attached hydrogens (tertiary/aromatic N) is 2. The number of hydrogen-bond acceptors (Lipinski definition) is 2. The van der Waals surface area contributed by atoms with Gasteiger partial charge in [-0.15, -0.1) is 0 Å². The Morgan fingerprint density at radius 1 is 1.00 bits per heavy atom. The zero-order valence-electron chi connectivity index (χ0n) is 15.0. The van der Waals surface area contributed by atoms with E-state index in [0.29, 0.717) is 5.69 Å². The second-order valence-corrected chi connectivity index (χ2v) is 6.56. The van der Waals surface area contributed by atoms with Gasteiger partial charge in [0.2, 0.25) is 18.3 Å². The van der Waals surface area contributed by atoms with Crippen LogP contribution in [0.15, 0.2) is 79.0 Å². The zero-order chi connectivity index (χ0) is 18.8. The van der Waals surface area contributed by atoms with Crippen LogP contribution >= 0.6 is 0 Å². The molecule has 0 radical (unpaired) electrons. The standard InChI is InChI=1S/C22H19N3O2/c1-16-9-5-6-12-18(16)23-22(27)21-19-13-7-8-14-24(19)15-20(26)25(21)17-10-3-2-4-11-17/h2-14,21H,15H2,1H3/p+1/t21-/m0/s1. The Hall–Kier alpha value is -3.47. The highest BCUT2D eigenvalue weighted by molar-refractivity contribution is 6.05. The molecule has 0 saturated heterocycles. The molecule has 1 aliphatic heterocycles. The number of anilines is 2. The lowest BCUT2D eigenvalue weighted by atomic mass is 10.0. The number of fused-ring (bicyclic) bond motifs is 1. The summed E-state index contributed by atoms with van der Waals surface area (Å²) in [4.78, 5) is 27.8. The molecule has 2 heterocycles. The Labute approximate surface area is 157 Å². The fraction of sp³-hybridized carbons (Fsp3) is 0.136. The molecule has 0 bridgehead atoms. The van der Waals surface area contributed by atoms with Gasteiger partial charge in [-0.25, -0.2) is 0 Å². The van der Waals surface area contributed by atoms with Crippen LogP contribution in [0.4, 0.5) is 11.4 Å². The average Bonchev–Trinajstić information content (AvgIpc) is 2.69. The van der Waals surface area contributed by atoms with Crippen molar-refractivity contribution >= 4 is 23.2 Å². The van der Waals surface area contributed by atoms with Gasteiger partial charge in [0.1, 0.15) is 0 Å². The minimum Gasteiger partial charge on any atom is -0.324 e. The molecule has 2 amide bonds. The first kappa shape index (κ1) is 17.0. The minimum absolute atomic E-state index is 0.116. The number of aryl methyl sites for hydroxylation is 1. The van der Waals surface area contributed by atoms with E-state index in [-0.39, 0.29) is 18.4 Å². The summed E-state index contributed by atoms with van der Waals surface area (Å²) in [6, 6.07) is 21.9. The molecule has 27 heavy (non-hydrogen) atoms. The van der Waals surface area contributed by atoms with Crippen molar-refractivity contribution in [2.24, 2.45) is 0 Å². The highest BCUT2D eigenvalue weighted by Crippen LogP contribution is 2.30. The van der Waals surface area contributed by atoms with Crippen molar-refractivity contribution in [1.82, 2.24) is 0 Å². The SMILES string of the molecule is Cc1ccccc1NC(=O)[C@@H]1c2cccc[n+]2CC(=O)N1c1ccccc1. The molecule has 0 aliphatic carbocycles. The largest absolute Gasteiger partial charge is 0.324 e. The summed E-state index contributed by atoms with van der Waals surface area (Å²) < 4.78 is 1.84. The van der Waals surface area contributed by atoms with E-state index in [1.807, 2.05) is 90.5 Å². The number of hydrogen-bond donors (Lipinski definition) is 1. The monoisotopic (exact) mass is 358 g/mol. The summed E-state index contributed by atoms with van der Waals surface area (Å²) in [7, 11) is 0. The van der Waals surface area contributed by atoms with E-state index in [1.54, 1.807) is 4.90 Å². The van der Waals surface area contributed by atoms with Gasteiger partial charge >= 0.3 is 0 Å². The van der Waals surface area contributed by atoms with E-state index in [1.165, 1.54) is 0 Å². The molecule has 5 nitrogen and oxygen atoms in total. The molecule has 5 heteroatoms. The number of pyridine rings is 1. The lowest BCUT2D eigenvalue weighted by Gasteiger charge is -2.32. The van der Waals surface area contributed by atoms with E-state index < -0.39 is 6.04 Å². The fourth-order valence-electron chi connectivity index (χ4n) is 3.43. The van der Waals surface area contributed by atoms with E-state index >= 15 is 0 Å². The van der Waals surface area contributed by atoms with Gasteiger partial charge in [0.25, 0.3) is 11.8 Å². The molecule has 134 valence electrons. The molecule has 0 saturated carbocycles. The van der Waals surface area contributed by atoms with Crippen molar-refractivity contribution in [1.29, 1.82) is 0 Å². The first-order chi connectivity index (χ1) is 13.1. The Bertz CT molecular complexity index is 1000. The number of rotatable bonds is 3. The summed E-state index contributed by atoms with van der Waals surface area (Å²) in [5, 5.41) is 2.99. The van der Waals surface area contributed by atoms with E-state index in [9.17, 15) is 9.59 Å². The highest BCUT2D eigenvalue weighted by Gasteiger charge is 2.43. The van der Waals surface area contributed by atoms with Gasteiger partial charge in [-0.1, -0.05) is 42.5 Å². The maximum atomic E-state index is 13.3. The number of carbonyl (C=O) groups is 2. The summed E-state index contributed by atoms with van der Waals surface area (Å²) in [5.74, 6) is -0.351. The Kier molecular flexibility index (Phi) is 4.42. The molecule has 1 N–H and O–H groups in total. The molecular formula is C22H20N3O2+. The van der Waals surface area contributed by atoms with Crippen molar-refractivity contribution in [3.8, 4) is 0 Å². The molecule has 1 aliphatic rings. The van der Waals surface area contributed by atoms with Gasteiger partial charge in [0.15, 0.2) is 6.20 Å². The predicted octanol–water partition coefficient (Wildman–Crippen LogP) is 3.01. The van der Waals surface area contributed by atoms with E-state index in [4.69, 9.17) is 0 Å². The molecular weight excluding hydrogens is 338 g/mol. The number of aromatic nitrogens is 1. The van der Waals surface area contributed by atoms with Gasteiger partial charge in [-0.05, 0) is 30.7 Å². The fourth-order valence-corrected chi connectivity index (χ4v) is 3.43. The maximum absolute atomic E-state index is 13.3. The van der Waals surface area contributed by atoms with Crippen molar-refractivity contribution in [3.63, 3.8) is 0 Å². The topological polar surface area (TPSA) is 53.3 Å². The Balaban J connectivity index is 1.78. The van der Waals surface area contributed by atoms with Crippen LogP contribution in [0.2, 0.25) is 0 Å². The Morgan fingerprint density at radius 2 is 1.70 bits per heavy atom. The molecule has 0 unspecified atom stereocenters. The van der Waals surface area contributed by atoms with Crippen LogP contribution in [0.1, 0.15) is 17.3 Å². The first-order valence-corrected chi connectivity index (χ1v) is 8.87. The third-order valence-corrected chi connectivity index (χ3v) is 4.77. The molecule has 0 spiro atoms. The van der Waals surface area contributed by atoms with E-state index in [0.717, 1.165) is 16.9 Å². The first-order valence-electron chi connectivity index (χ1n) is 8.87.